The highest BCUT2D eigenvalue weighted by atomic mass is 19.4. The Morgan fingerprint density at radius 2 is 1.72 bits per heavy atom. The van der Waals surface area contributed by atoms with Crippen LogP contribution in [0, 0.1) is 0 Å². The van der Waals surface area contributed by atoms with Gasteiger partial charge in [-0.3, -0.25) is 0 Å². The third-order valence-corrected chi connectivity index (χ3v) is 2.83. The van der Waals surface area contributed by atoms with E-state index in [9.17, 15) is 13.2 Å². The van der Waals surface area contributed by atoms with Crippen molar-refractivity contribution in [3.8, 4) is 0 Å². The van der Waals surface area contributed by atoms with Crippen LogP contribution in [0.25, 0.3) is 0 Å². The van der Waals surface area contributed by atoms with Gasteiger partial charge in [-0.05, 0) is 31.0 Å². The van der Waals surface area contributed by atoms with Crippen molar-refractivity contribution in [1.29, 1.82) is 0 Å². The van der Waals surface area contributed by atoms with Gasteiger partial charge in [0.2, 0.25) is 0 Å². The van der Waals surface area contributed by atoms with Gasteiger partial charge in [0.05, 0.1) is 5.56 Å². The molecule has 0 bridgehead atoms. The van der Waals surface area contributed by atoms with Gasteiger partial charge < -0.3 is 5.32 Å². The first-order chi connectivity index (χ1) is 8.47. The van der Waals surface area contributed by atoms with Gasteiger partial charge in [-0.2, -0.15) is 13.2 Å². The van der Waals surface area contributed by atoms with Crippen LogP contribution >= 0.6 is 0 Å². The number of alkyl halides is 3. The minimum atomic E-state index is -4.28. The van der Waals surface area contributed by atoms with E-state index in [0.29, 0.717) is 5.69 Å². The molecule has 0 aromatic heterocycles. The third kappa shape index (κ3) is 4.59. The normalized spacial score (nSPS) is 11.9. The van der Waals surface area contributed by atoms with Crippen LogP contribution in [0.15, 0.2) is 24.3 Å². The Morgan fingerprint density at radius 1 is 1.11 bits per heavy atom. The van der Waals surface area contributed by atoms with Crippen molar-refractivity contribution < 1.29 is 13.2 Å². The summed E-state index contributed by atoms with van der Waals surface area (Å²) in [5.41, 5.74) is -0.0454. The summed E-state index contributed by atoms with van der Waals surface area (Å²) in [6.07, 6.45) is -0.274. The maximum absolute atomic E-state index is 12.6. The summed E-state index contributed by atoms with van der Waals surface area (Å²) in [5, 5.41) is 3.19. The Bertz CT molecular complexity index is 354. The summed E-state index contributed by atoms with van der Waals surface area (Å²) in [6.45, 7) is 4.16. The van der Waals surface area contributed by atoms with Crippen LogP contribution in [0.3, 0.4) is 0 Å². The molecule has 4 heteroatoms. The number of hydrogen-bond donors (Lipinski definition) is 1. The second kappa shape index (κ2) is 6.66. The fourth-order valence-corrected chi connectivity index (χ4v) is 2.01. The molecule has 1 aromatic carbocycles. The quantitative estimate of drug-likeness (QED) is 0.750. The maximum atomic E-state index is 12.6. The predicted octanol–water partition coefficient (Wildman–Crippen LogP) is 5.09. The highest BCUT2D eigenvalue weighted by Gasteiger charge is 2.30. The molecule has 0 fully saturated rings. The third-order valence-electron chi connectivity index (χ3n) is 2.83. The molecule has 102 valence electrons. The lowest BCUT2D eigenvalue weighted by molar-refractivity contribution is -0.137. The highest BCUT2D eigenvalue weighted by molar-refractivity contribution is 5.47. The topological polar surface area (TPSA) is 12.0 Å². The van der Waals surface area contributed by atoms with Gasteiger partial charge in [0.1, 0.15) is 0 Å². The van der Waals surface area contributed by atoms with Crippen molar-refractivity contribution in [2.45, 2.75) is 51.7 Å². The summed E-state index contributed by atoms with van der Waals surface area (Å²) in [5.74, 6) is 0. The van der Waals surface area contributed by atoms with Gasteiger partial charge in [0.25, 0.3) is 0 Å². The molecule has 0 aliphatic rings. The lowest BCUT2D eigenvalue weighted by Crippen LogP contribution is -2.19. The Morgan fingerprint density at radius 3 is 2.22 bits per heavy atom. The van der Waals surface area contributed by atoms with Crippen molar-refractivity contribution in [3.05, 3.63) is 29.8 Å². The minimum Gasteiger partial charge on any atom is -0.382 e. The van der Waals surface area contributed by atoms with E-state index >= 15 is 0 Å². The van der Waals surface area contributed by atoms with E-state index in [1.165, 1.54) is 12.1 Å². The van der Waals surface area contributed by atoms with Crippen molar-refractivity contribution in [1.82, 2.24) is 0 Å². The van der Waals surface area contributed by atoms with Crippen LogP contribution in [0.5, 0.6) is 0 Å². The molecule has 0 saturated heterocycles. The fourth-order valence-electron chi connectivity index (χ4n) is 2.01. The number of benzene rings is 1. The van der Waals surface area contributed by atoms with Gasteiger partial charge in [-0.1, -0.05) is 32.8 Å². The zero-order valence-corrected chi connectivity index (χ0v) is 10.8. The van der Waals surface area contributed by atoms with Gasteiger partial charge in [0, 0.05) is 11.7 Å². The molecule has 0 heterocycles. The zero-order valence-electron chi connectivity index (χ0n) is 10.8. The van der Waals surface area contributed by atoms with Crippen molar-refractivity contribution in [2.75, 3.05) is 5.32 Å². The molecule has 18 heavy (non-hydrogen) atoms. The van der Waals surface area contributed by atoms with Crippen LogP contribution in [0.4, 0.5) is 18.9 Å². The molecule has 0 atom stereocenters. The highest BCUT2D eigenvalue weighted by Crippen LogP contribution is 2.31. The Hall–Kier alpha value is -1.19. The molecule has 0 radical (unpaired) electrons. The smallest absolute Gasteiger partial charge is 0.382 e. The summed E-state index contributed by atoms with van der Waals surface area (Å²) in [7, 11) is 0. The van der Waals surface area contributed by atoms with Crippen LogP contribution in [-0.4, -0.2) is 6.04 Å². The molecule has 1 N–H and O–H groups in total. The number of anilines is 1. The second-order valence-electron chi connectivity index (χ2n) is 4.50. The van der Waals surface area contributed by atoms with E-state index in [1.807, 2.05) is 0 Å². The Labute approximate surface area is 106 Å². The van der Waals surface area contributed by atoms with E-state index in [2.05, 4.69) is 19.2 Å². The minimum absolute atomic E-state index is 0.253. The number of halogens is 3. The van der Waals surface area contributed by atoms with Gasteiger partial charge in [-0.25, -0.2) is 0 Å². The second-order valence-corrected chi connectivity index (χ2v) is 4.50. The predicted molar refractivity (Wildman–Crippen MR) is 68.7 cm³/mol. The van der Waals surface area contributed by atoms with E-state index < -0.39 is 11.7 Å². The van der Waals surface area contributed by atoms with Gasteiger partial charge in [0.15, 0.2) is 0 Å². The fraction of sp³-hybridized carbons (Fsp3) is 0.571. The van der Waals surface area contributed by atoms with Crippen molar-refractivity contribution >= 4 is 5.69 Å². The zero-order chi connectivity index (χ0) is 13.6. The summed E-state index contributed by atoms with van der Waals surface area (Å²) in [6, 6.07) is 5.66. The molecular formula is C14H20F3N. The van der Waals surface area contributed by atoms with E-state index in [4.69, 9.17) is 0 Å². The summed E-state index contributed by atoms with van der Waals surface area (Å²) in [4.78, 5) is 0. The maximum Gasteiger partial charge on any atom is 0.416 e. The number of hydrogen-bond acceptors (Lipinski definition) is 1. The molecule has 0 amide bonds. The molecule has 0 aliphatic heterocycles. The lowest BCUT2D eigenvalue weighted by Gasteiger charge is -2.19. The van der Waals surface area contributed by atoms with Crippen molar-refractivity contribution in [3.63, 3.8) is 0 Å². The average Bonchev–Trinajstić information content (AvgIpc) is 2.29. The molecule has 1 aromatic rings. The van der Waals surface area contributed by atoms with Gasteiger partial charge >= 0.3 is 6.18 Å². The Kier molecular flexibility index (Phi) is 5.51. The van der Waals surface area contributed by atoms with E-state index in [1.54, 1.807) is 6.07 Å². The van der Waals surface area contributed by atoms with E-state index in [-0.39, 0.29) is 6.04 Å². The van der Waals surface area contributed by atoms with Gasteiger partial charge in [-0.15, -0.1) is 0 Å². The molecule has 1 rings (SSSR count). The molecule has 1 nitrogen and oxygen atoms in total. The number of nitrogens with one attached hydrogen (secondary N) is 1. The lowest BCUT2D eigenvalue weighted by atomic mass is 10.1. The van der Waals surface area contributed by atoms with Crippen LogP contribution < -0.4 is 5.32 Å². The SMILES string of the molecule is CCCC(CCC)Nc1cccc(C(F)(F)F)c1. The number of rotatable bonds is 6. The van der Waals surface area contributed by atoms with Crippen LogP contribution in [-0.2, 0) is 6.18 Å². The van der Waals surface area contributed by atoms with Crippen molar-refractivity contribution in [2.24, 2.45) is 0 Å². The Balaban J connectivity index is 2.77. The first kappa shape index (κ1) is 14.9. The first-order valence-corrected chi connectivity index (χ1v) is 6.41. The summed E-state index contributed by atoms with van der Waals surface area (Å²) >= 11 is 0. The van der Waals surface area contributed by atoms with Crippen LogP contribution in [0.2, 0.25) is 0 Å². The molecular weight excluding hydrogens is 239 g/mol. The average molecular weight is 259 g/mol. The molecule has 0 saturated carbocycles. The standard InChI is InChI=1S/C14H20F3N/c1-3-6-12(7-4-2)18-13-9-5-8-11(10-13)14(15,16)17/h5,8-10,12,18H,3-4,6-7H2,1-2H3. The van der Waals surface area contributed by atoms with Crippen LogP contribution in [0.1, 0.15) is 45.1 Å². The van der Waals surface area contributed by atoms with E-state index in [0.717, 1.165) is 31.7 Å². The molecule has 0 aliphatic carbocycles. The largest absolute Gasteiger partial charge is 0.416 e. The molecule has 0 unspecified atom stereocenters. The molecule has 0 spiro atoms. The first-order valence-electron chi connectivity index (χ1n) is 6.41. The monoisotopic (exact) mass is 259 g/mol. The summed E-state index contributed by atoms with van der Waals surface area (Å²) < 4.78 is 37.7.